The third kappa shape index (κ3) is 3.84. The van der Waals surface area contributed by atoms with E-state index in [9.17, 15) is 9.59 Å². The summed E-state index contributed by atoms with van der Waals surface area (Å²) in [6.45, 7) is 1.94. The van der Waals surface area contributed by atoms with Gasteiger partial charge >= 0.3 is 0 Å². The molecule has 0 bridgehead atoms. The molecular formula is C18H18N2O4. The Bertz CT molecular complexity index is 743. The van der Waals surface area contributed by atoms with E-state index in [0.29, 0.717) is 17.2 Å². The van der Waals surface area contributed by atoms with Gasteiger partial charge in [0, 0.05) is 0 Å². The first-order chi connectivity index (χ1) is 11.6. The van der Waals surface area contributed by atoms with Gasteiger partial charge in [-0.25, -0.2) is 0 Å². The van der Waals surface area contributed by atoms with Crippen molar-refractivity contribution >= 4 is 17.5 Å². The van der Waals surface area contributed by atoms with Crippen LogP contribution >= 0.6 is 0 Å². The van der Waals surface area contributed by atoms with Crippen molar-refractivity contribution < 1.29 is 19.1 Å². The number of rotatable bonds is 5. The van der Waals surface area contributed by atoms with Crippen LogP contribution in [0.25, 0.3) is 0 Å². The summed E-state index contributed by atoms with van der Waals surface area (Å²) in [5.41, 5.74) is 1.75. The number of hydrogen-bond acceptors (Lipinski definition) is 4. The molecule has 1 unspecified atom stereocenters. The molecule has 1 aliphatic rings. The summed E-state index contributed by atoms with van der Waals surface area (Å²) in [5, 5.41) is 5.40. The SMILES string of the molecule is Cc1ccc(OCC(=O)NCC2Oc3ccccc3NC2=O)cc1. The number of benzene rings is 2. The predicted octanol–water partition coefficient (Wildman–Crippen LogP) is 1.89. The Morgan fingerprint density at radius 1 is 1.21 bits per heavy atom. The van der Waals surface area contributed by atoms with Gasteiger partial charge in [-0.05, 0) is 31.2 Å². The molecule has 1 atom stereocenters. The number of ether oxygens (including phenoxy) is 2. The maximum Gasteiger partial charge on any atom is 0.267 e. The van der Waals surface area contributed by atoms with Crippen molar-refractivity contribution in [3.63, 3.8) is 0 Å². The van der Waals surface area contributed by atoms with Gasteiger partial charge < -0.3 is 20.1 Å². The zero-order valence-corrected chi connectivity index (χ0v) is 13.2. The fraction of sp³-hybridized carbons (Fsp3) is 0.222. The number of anilines is 1. The summed E-state index contributed by atoms with van der Waals surface area (Å²) in [5.74, 6) is 0.614. The van der Waals surface area contributed by atoms with Crippen LogP contribution in [0.15, 0.2) is 48.5 Å². The second kappa shape index (κ2) is 7.04. The Labute approximate surface area is 139 Å². The molecule has 2 aromatic rings. The van der Waals surface area contributed by atoms with Crippen molar-refractivity contribution in [3.05, 3.63) is 54.1 Å². The lowest BCUT2D eigenvalue weighted by molar-refractivity contribution is -0.126. The molecule has 2 aromatic carbocycles. The first-order valence-electron chi connectivity index (χ1n) is 7.64. The van der Waals surface area contributed by atoms with E-state index in [1.54, 1.807) is 24.3 Å². The average Bonchev–Trinajstić information content (AvgIpc) is 2.59. The fourth-order valence-corrected chi connectivity index (χ4v) is 2.27. The molecule has 0 aromatic heterocycles. The predicted molar refractivity (Wildman–Crippen MR) is 89.2 cm³/mol. The van der Waals surface area contributed by atoms with E-state index in [1.165, 1.54) is 0 Å². The molecular weight excluding hydrogens is 308 g/mol. The van der Waals surface area contributed by atoms with Gasteiger partial charge in [0.2, 0.25) is 0 Å². The highest BCUT2D eigenvalue weighted by Gasteiger charge is 2.27. The maximum atomic E-state index is 12.0. The van der Waals surface area contributed by atoms with Crippen molar-refractivity contribution in [2.75, 3.05) is 18.5 Å². The first-order valence-corrected chi connectivity index (χ1v) is 7.64. The molecule has 24 heavy (non-hydrogen) atoms. The topological polar surface area (TPSA) is 76.7 Å². The Kier molecular flexibility index (Phi) is 4.65. The Morgan fingerprint density at radius 3 is 2.75 bits per heavy atom. The van der Waals surface area contributed by atoms with Crippen molar-refractivity contribution in [1.82, 2.24) is 5.32 Å². The molecule has 2 N–H and O–H groups in total. The van der Waals surface area contributed by atoms with Gasteiger partial charge in [0.15, 0.2) is 12.7 Å². The molecule has 3 rings (SSSR count). The third-order valence-corrected chi connectivity index (χ3v) is 3.58. The zero-order valence-electron chi connectivity index (χ0n) is 13.2. The summed E-state index contributed by atoms with van der Waals surface area (Å²) < 4.78 is 11.0. The summed E-state index contributed by atoms with van der Waals surface area (Å²) in [7, 11) is 0. The van der Waals surface area contributed by atoms with Crippen LogP contribution in [0, 0.1) is 6.92 Å². The van der Waals surface area contributed by atoms with Gasteiger partial charge in [-0.3, -0.25) is 9.59 Å². The van der Waals surface area contributed by atoms with Crippen LogP contribution in [0.4, 0.5) is 5.69 Å². The molecule has 0 spiro atoms. The second-order valence-corrected chi connectivity index (χ2v) is 5.50. The lowest BCUT2D eigenvalue weighted by Gasteiger charge is -2.25. The molecule has 0 aliphatic carbocycles. The van der Waals surface area contributed by atoms with E-state index in [2.05, 4.69) is 10.6 Å². The lowest BCUT2D eigenvalue weighted by atomic mass is 10.2. The minimum atomic E-state index is -0.761. The smallest absolute Gasteiger partial charge is 0.267 e. The van der Waals surface area contributed by atoms with Gasteiger partial charge in [0.25, 0.3) is 11.8 Å². The summed E-state index contributed by atoms with van der Waals surface area (Å²) >= 11 is 0. The van der Waals surface area contributed by atoms with E-state index in [0.717, 1.165) is 5.56 Å². The van der Waals surface area contributed by atoms with Crippen LogP contribution in [0.2, 0.25) is 0 Å². The van der Waals surface area contributed by atoms with Crippen LogP contribution < -0.4 is 20.1 Å². The highest BCUT2D eigenvalue weighted by molar-refractivity contribution is 5.98. The number of amides is 2. The normalized spacial score (nSPS) is 15.7. The monoisotopic (exact) mass is 326 g/mol. The average molecular weight is 326 g/mol. The Morgan fingerprint density at radius 2 is 1.96 bits per heavy atom. The van der Waals surface area contributed by atoms with E-state index in [-0.39, 0.29) is 25.0 Å². The summed E-state index contributed by atoms with van der Waals surface area (Å²) in [4.78, 5) is 23.8. The maximum absolute atomic E-state index is 12.0. The molecule has 1 aliphatic heterocycles. The van der Waals surface area contributed by atoms with Gasteiger partial charge in [-0.15, -0.1) is 0 Å². The molecule has 0 saturated heterocycles. The van der Waals surface area contributed by atoms with Gasteiger partial charge in [0.05, 0.1) is 12.2 Å². The zero-order chi connectivity index (χ0) is 16.9. The second-order valence-electron chi connectivity index (χ2n) is 5.50. The number of nitrogens with one attached hydrogen (secondary N) is 2. The number of aryl methyl sites for hydroxylation is 1. The Hall–Kier alpha value is -3.02. The molecule has 6 nitrogen and oxygen atoms in total. The number of carbonyl (C=O) groups is 2. The van der Waals surface area contributed by atoms with Crippen molar-refractivity contribution in [2.24, 2.45) is 0 Å². The minimum Gasteiger partial charge on any atom is -0.484 e. The molecule has 0 radical (unpaired) electrons. The van der Waals surface area contributed by atoms with Crippen LogP contribution in [-0.4, -0.2) is 31.1 Å². The van der Waals surface area contributed by atoms with Crippen LogP contribution in [0.3, 0.4) is 0 Å². The van der Waals surface area contributed by atoms with Crippen molar-refractivity contribution in [1.29, 1.82) is 0 Å². The largest absolute Gasteiger partial charge is 0.484 e. The lowest BCUT2D eigenvalue weighted by Crippen LogP contribution is -2.46. The summed E-state index contributed by atoms with van der Waals surface area (Å²) in [6, 6.07) is 14.6. The van der Waals surface area contributed by atoms with Crippen molar-refractivity contribution in [2.45, 2.75) is 13.0 Å². The standard InChI is InChI=1S/C18H18N2O4/c1-12-6-8-13(9-7-12)23-11-17(21)19-10-16-18(22)20-14-4-2-3-5-15(14)24-16/h2-9,16H,10-11H2,1H3,(H,19,21)(H,20,22). The summed E-state index contributed by atoms with van der Waals surface area (Å²) in [6.07, 6.45) is -0.761. The van der Waals surface area contributed by atoms with Gasteiger partial charge in [-0.2, -0.15) is 0 Å². The molecule has 6 heteroatoms. The fourth-order valence-electron chi connectivity index (χ4n) is 2.27. The number of fused-ring (bicyclic) bond motifs is 1. The number of para-hydroxylation sites is 2. The van der Waals surface area contributed by atoms with Crippen molar-refractivity contribution in [3.8, 4) is 11.5 Å². The quantitative estimate of drug-likeness (QED) is 0.880. The molecule has 0 saturated carbocycles. The van der Waals surface area contributed by atoms with E-state index < -0.39 is 6.10 Å². The van der Waals surface area contributed by atoms with E-state index in [4.69, 9.17) is 9.47 Å². The van der Waals surface area contributed by atoms with E-state index >= 15 is 0 Å². The molecule has 124 valence electrons. The van der Waals surface area contributed by atoms with Gasteiger partial charge in [0.1, 0.15) is 11.5 Å². The van der Waals surface area contributed by atoms with Crippen LogP contribution in [0.5, 0.6) is 11.5 Å². The van der Waals surface area contributed by atoms with Gasteiger partial charge in [-0.1, -0.05) is 29.8 Å². The number of hydrogen-bond donors (Lipinski definition) is 2. The Balaban J connectivity index is 1.48. The molecule has 2 amide bonds. The van der Waals surface area contributed by atoms with Crippen LogP contribution in [-0.2, 0) is 9.59 Å². The first kappa shape index (κ1) is 15.9. The molecule has 1 heterocycles. The molecule has 0 fully saturated rings. The highest BCUT2D eigenvalue weighted by atomic mass is 16.5. The number of carbonyl (C=O) groups excluding carboxylic acids is 2. The third-order valence-electron chi connectivity index (χ3n) is 3.58. The van der Waals surface area contributed by atoms with E-state index in [1.807, 2.05) is 31.2 Å². The minimum absolute atomic E-state index is 0.0796. The highest BCUT2D eigenvalue weighted by Crippen LogP contribution is 2.28. The van der Waals surface area contributed by atoms with Crippen LogP contribution in [0.1, 0.15) is 5.56 Å².